The van der Waals surface area contributed by atoms with Crippen LogP contribution in [0.25, 0.3) is 0 Å². The standard InChI is InChI=1S/C7H13N5O2/c1-7(2,6(8)13)14-4-3-5-9-11-12-10-5/h3-4H2,1-2H3,(H2,8,13)(H,9,10,11,12). The molecule has 0 atom stereocenters. The second kappa shape index (κ2) is 4.14. The van der Waals surface area contributed by atoms with E-state index < -0.39 is 11.5 Å². The molecule has 0 aliphatic heterocycles. The molecule has 0 fully saturated rings. The Morgan fingerprint density at radius 1 is 1.64 bits per heavy atom. The van der Waals surface area contributed by atoms with Gasteiger partial charge in [-0.2, -0.15) is 5.21 Å². The van der Waals surface area contributed by atoms with Crippen molar-refractivity contribution in [3.8, 4) is 0 Å². The van der Waals surface area contributed by atoms with Crippen LogP contribution in [0.3, 0.4) is 0 Å². The molecular formula is C7H13N5O2. The van der Waals surface area contributed by atoms with E-state index in [1.54, 1.807) is 13.8 Å². The molecule has 7 nitrogen and oxygen atoms in total. The molecule has 14 heavy (non-hydrogen) atoms. The van der Waals surface area contributed by atoms with E-state index in [0.717, 1.165) is 0 Å². The summed E-state index contributed by atoms with van der Waals surface area (Å²) in [5.41, 5.74) is 4.16. The van der Waals surface area contributed by atoms with E-state index >= 15 is 0 Å². The third-order valence-corrected chi connectivity index (χ3v) is 1.77. The number of hydrogen-bond acceptors (Lipinski definition) is 5. The first-order chi connectivity index (χ1) is 6.52. The first kappa shape index (κ1) is 10.6. The highest BCUT2D eigenvalue weighted by Crippen LogP contribution is 2.07. The number of aromatic amines is 1. The Labute approximate surface area is 81.0 Å². The lowest BCUT2D eigenvalue weighted by atomic mass is 10.1. The van der Waals surface area contributed by atoms with E-state index in [1.807, 2.05) is 0 Å². The Morgan fingerprint density at radius 2 is 2.36 bits per heavy atom. The minimum Gasteiger partial charge on any atom is -0.367 e. The van der Waals surface area contributed by atoms with Gasteiger partial charge in [0.25, 0.3) is 0 Å². The fourth-order valence-corrected chi connectivity index (χ4v) is 0.757. The number of rotatable bonds is 5. The molecule has 0 saturated carbocycles. The van der Waals surface area contributed by atoms with Crippen LogP contribution in [0.2, 0.25) is 0 Å². The molecular weight excluding hydrogens is 186 g/mol. The summed E-state index contributed by atoms with van der Waals surface area (Å²) in [6, 6.07) is 0. The van der Waals surface area contributed by atoms with Gasteiger partial charge in [0, 0.05) is 6.42 Å². The molecule has 0 saturated heterocycles. The second-order valence-electron chi connectivity index (χ2n) is 3.30. The van der Waals surface area contributed by atoms with Gasteiger partial charge in [0.15, 0.2) is 5.82 Å². The van der Waals surface area contributed by atoms with Gasteiger partial charge in [-0.05, 0) is 13.8 Å². The Kier molecular flexibility index (Phi) is 3.13. The number of nitrogens with one attached hydrogen (secondary N) is 1. The molecule has 7 heteroatoms. The number of aromatic nitrogens is 4. The number of primary amides is 1. The number of hydrogen-bond donors (Lipinski definition) is 2. The van der Waals surface area contributed by atoms with Crippen molar-refractivity contribution in [1.82, 2.24) is 20.6 Å². The van der Waals surface area contributed by atoms with Crippen molar-refractivity contribution in [3.05, 3.63) is 5.82 Å². The maximum atomic E-state index is 10.9. The van der Waals surface area contributed by atoms with Crippen molar-refractivity contribution in [2.24, 2.45) is 5.73 Å². The van der Waals surface area contributed by atoms with Gasteiger partial charge in [-0.3, -0.25) is 4.79 Å². The van der Waals surface area contributed by atoms with Crippen LogP contribution in [-0.4, -0.2) is 38.7 Å². The minimum atomic E-state index is -0.955. The number of tetrazole rings is 1. The molecule has 1 heterocycles. The Morgan fingerprint density at radius 3 is 2.86 bits per heavy atom. The van der Waals surface area contributed by atoms with Crippen molar-refractivity contribution in [2.75, 3.05) is 6.61 Å². The largest absolute Gasteiger partial charge is 0.367 e. The number of ether oxygens (including phenoxy) is 1. The summed E-state index contributed by atoms with van der Waals surface area (Å²) in [7, 11) is 0. The number of carbonyl (C=O) groups excluding carboxylic acids is 1. The molecule has 1 aromatic heterocycles. The lowest BCUT2D eigenvalue weighted by molar-refractivity contribution is -0.139. The smallest absolute Gasteiger partial charge is 0.249 e. The SMILES string of the molecule is CC(C)(OCCc1nn[nH]n1)C(N)=O. The molecule has 78 valence electrons. The molecule has 1 aromatic rings. The Balaban J connectivity index is 2.31. The Bertz CT molecular complexity index is 295. The van der Waals surface area contributed by atoms with E-state index in [2.05, 4.69) is 20.6 Å². The average Bonchev–Trinajstić information content (AvgIpc) is 2.56. The molecule has 0 spiro atoms. The van der Waals surface area contributed by atoms with Crippen LogP contribution in [0.5, 0.6) is 0 Å². The molecule has 1 amide bonds. The number of nitrogens with zero attached hydrogens (tertiary/aromatic N) is 3. The Hall–Kier alpha value is -1.50. The maximum absolute atomic E-state index is 10.9. The zero-order valence-corrected chi connectivity index (χ0v) is 8.15. The van der Waals surface area contributed by atoms with Gasteiger partial charge >= 0.3 is 0 Å². The maximum Gasteiger partial charge on any atom is 0.249 e. The van der Waals surface area contributed by atoms with Crippen molar-refractivity contribution in [1.29, 1.82) is 0 Å². The topological polar surface area (TPSA) is 107 Å². The summed E-state index contributed by atoms with van der Waals surface area (Å²) >= 11 is 0. The third kappa shape index (κ3) is 2.77. The zero-order chi connectivity index (χ0) is 10.6. The monoisotopic (exact) mass is 199 g/mol. The summed E-state index contributed by atoms with van der Waals surface area (Å²) in [5.74, 6) is 0.0517. The predicted octanol–water partition coefficient (Wildman–Crippen LogP) is -0.977. The first-order valence-corrected chi connectivity index (χ1v) is 4.18. The predicted molar refractivity (Wildman–Crippen MR) is 47.1 cm³/mol. The van der Waals surface area contributed by atoms with Gasteiger partial charge in [0.1, 0.15) is 5.60 Å². The van der Waals surface area contributed by atoms with Crippen molar-refractivity contribution < 1.29 is 9.53 Å². The number of carbonyl (C=O) groups is 1. The van der Waals surface area contributed by atoms with Crippen LogP contribution in [0.4, 0.5) is 0 Å². The van der Waals surface area contributed by atoms with E-state index in [-0.39, 0.29) is 0 Å². The second-order valence-corrected chi connectivity index (χ2v) is 3.30. The van der Waals surface area contributed by atoms with E-state index in [9.17, 15) is 4.79 Å². The minimum absolute atomic E-state index is 0.329. The van der Waals surface area contributed by atoms with Crippen LogP contribution in [-0.2, 0) is 16.0 Å². The van der Waals surface area contributed by atoms with Gasteiger partial charge in [0.05, 0.1) is 6.61 Å². The van der Waals surface area contributed by atoms with Crippen molar-refractivity contribution >= 4 is 5.91 Å². The van der Waals surface area contributed by atoms with Crippen LogP contribution in [0.1, 0.15) is 19.7 Å². The van der Waals surface area contributed by atoms with Gasteiger partial charge in [-0.1, -0.05) is 5.21 Å². The van der Waals surface area contributed by atoms with E-state index in [4.69, 9.17) is 10.5 Å². The summed E-state index contributed by atoms with van der Waals surface area (Å²) in [4.78, 5) is 10.9. The number of nitrogens with two attached hydrogens (primary N) is 1. The van der Waals surface area contributed by atoms with Crippen LogP contribution in [0.15, 0.2) is 0 Å². The molecule has 0 unspecified atom stereocenters. The highest BCUT2D eigenvalue weighted by molar-refractivity contribution is 5.82. The lowest BCUT2D eigenvalue weighted by Gasteiger charge is -2.20. The molecule has 3 N–H and O–H groups in total. The van der Waals surface area contributed by atoms with E-state index in [1.165, 1.54) is 0 Å². The van der Waals surface area contributed by atoms with E-state index in [0.29, 0.717) is 18.9 Å². The normalized spacial score (nSPS) is 11.6. The van der Waals surface area contributed by atoms with Crippen molar-refractivity contribution in [3.63, 3.8) is 0 Å². The number of amides is 1. The van der Waals surface area contributed by atoms with Gasteiger partial charge < -0.3 is 10.5 Å². The molecule has 0 bridgehead atoms. The zero-order valence-electron chi connectivity index (χ0n) is 8.15. The fraction of sp³-hybridized carbons (Fsp3) is 0.714. The lowest BCUT2D eigenvalue weighted by Crippen LogP contribution is -2.41. The molecule has 0 aliphatic rings. The first-order valence-electron chi connectivity index (χ1n) is 4.18. The van der Waals surface area contributed by atoms with Gasteiger partial charge in [-0.15, -0.1) is 10.2 Å². The fourth-order valence-electron chi connectivity index (χ4n) is 0.757. The quantitative estimate of drug-likeness (QED) is 0.634. The number of H-pyrrole nitrogens is 1. The summed E-state index contributed by atoms with van der Waals surface area (Å²) in [6.07, 6.45) is 0.493. The van der Waals surface area contributed by atoms with Crippen LogP contribution >= 0.6 is 0 Å². The highest BCUT2D eigenvalue weighted by Gasteiger charge is 2.25. The highest BCUT2D eigenvalue weighted by atomic mass is 16.5. The summed E-state index contributed by atoms with van der Waals surface area (Å²) in [6.45, 7) is 3.56. The van der Waals surface area contributed by atoms with Gasteiger partial charge in [0.2, 0.25) is 5.91 Å². The molecule has 0 aliphatic carbocycles. The molecule has 0 radical (unpaired) electrons. The van der Waals surface area contributed by atoms with Crippen molar-refractivity contribution in [2.45, 2.75) is 25.9 Å². The third-order valence-electron chi connectivity index (χ3n) is 1.77. The molecule has 0 aromatic carbocycles. The van der Waals surface area contributed by atoms with Crippen LogP contribution < -0.4 is 5.73 Å². The average molecular weight is 199 g/mol. The van der Waals surface area contributed by atoms with Gasteiger partial charge in [-0.25, -0.2) is 0 Å². The summed E-state index contributed by atoms with van der Waals surface area (Å²) < 4.78 is 5.27. The molecule has 1 rings (SSSR count). The summed E-state index contributed by atoms with van der Waals surface area (Å²) in [5, 5.41) is 13.2. The van der Waals surface area contributed by atoms with Crippen LogP contribution in [0, 0.1) is 0 Å².